The van der Waals surface area contributed by atoms with E-state index in [0.717, 1.165) is 0 Å². The zero-order chi connectivity index (χ0) is 16.0. The molecule has 6 nitrogen and oxygen atoms in total. The lowest BCUT2D eigenvalue weighted by molar-refractivity contribution is -0.137. The van der Waals surface area contributed by atoms with Crippen LogP contribution in [0, 0.1) is 0 Å². The predicted molar refractivity (Wildman–Crippen MR) is 68.6 cm³/mol. The first-order chi connectivity index (χ1) is 9.71. The van der Waals surface area contributed by atoms with Gasteiger partial charge in [-0.1, -0.05) is 11.6 Å². The fraction of sp³-hybridized carbons (Fsp3) is 0.364. The molecule has 0 fully saturated rings. The fourth-order valence-electron chi connectivity index (χ4n) is 1.32. The molecule has 21 heavy (non-hydrogen) atoms. The van der Waals surface area contributed by atoms with Crippen molar-refractivity contribution >= 4 is 23.4 Å². The molecule has 0 spiro atoms. The number of nitrogens with two attached hydrogens (primary N) is 1. The quantitative estimate of drug-likeness (QED) is 0.666. The predicted octanol–water partition coefficient (Wildman–Crippen LogP) is 0.558. The first-order valence-corrected chi connectivity index (χ1v) is 6.09. The Morgan fingerprint density at radius 3 is 2.52 bits per heavy atom. The van der Waals surface area contributed by atoms with Crippen LogP contribution in [0.25, 0.3) is 0 Å². The van der Waals surface area contributed by atoms with E-state index in [9.17, 15) is 22.8 Å². The van der Waals surface area contributed by atoms with Gasteiger partial charge in [0.1, 0.15) is 5.69 Å². The Kier molecular flexibility index (Phi) is 5.91. The maximum atomic E-state index is 12.4. The maximum Gasteiger partial charge on any atom is 0.417 e. The number of aromatic nitrogens is 1. The zero-order valence-corrected chi connectivity index (χ0v) is 11.4. The van der Waals surface area contributed by atoms with Crippen LogP contribution < -0.4 is 16.4 Å². The van der Waals surface area contributed by atoms with E-state index < -0.39 is 28.6 Å². The van der Waals surface area contributed by atoms with Crippen molar-refractivity contribution in [2.45, 2.75) is 6.18 Å². The van der Waals surface area contributed by atoms with Crippen LogP contribution in [0.3, 0.4) is 0 Å². The molecule has 116 valence electrons. The molecule has 2 amide bonds. The van der Waals surface area contributed by atoms with Crippen molar-refractivity contribution in [3.8, 4) is 0 Å². The third-order valence-corrected chi connectivity index (χ3v) is 2.56. The molecule has 1 aromatic heterocycles. The molecule has 4 N–H and O–H groups in total. The van der Waals surface area contributed by atoms with Crippen molar-refractivity contribution < 1.29 is 22.8 Å². The first kappa shape index (κ1) is 17.2. The summed E-state index contributed by atoms with van der Waals surface area (Å²) in [7, 11) is 0. The number of hydrogen-bond donors (Lipinski definition) is 3. The van der Waals surface area contributed by atoms with E-state index in [1.807, 2.05) is 0 Å². The summed E-state index contributed by atoms with van der Waals surface area (Å²) in [5.74, 6) is -1.26. The highest BCUT2D eigenvalue weighted by Gasteiger charge is 2.32. The smallest absolute Gasteiger partial charge is 0.369 e. The van der Waals surface area contributed by atoms with Gasteiger partial charge in [-0.15, -0.1) is 0 Å². The van der Waals surface area contributed by atoms with Crippen molar-refractivity contribution in [2.24, 2.45) is 5.73 Å². The van der Waals surface area contributed by atoms with Gasteiger partial charge in [-0.2, -0.15) is 13.2 Å². The second-order valence-electron chi connectivity index (χ2n) is 3.95. The molecule has 0 atom stereocenters. The SMILES string of the molecule is NC(=O)CNCCNC(=O)c1ncc(C(F)(F)F)cc1Cl. The summed E-state index contributed by atoms with van der Waals surface area (Å²) in [5, 5.41) is 4.64. The van der Waals surface area contributed by atoms with Crippen molar-refractivity contribution in [3.05, 3.63) is 28.5 Å². The number of nitrogens with zero attached hydrogens (tertiary/aromatic N) is 1. The van der Waals surface area contributed by atoms with Gasteiger partial charge in [0.15, 0.2) is 0 Å². The van der Waals surface area contributed by atoms with Crippen molar-refractivity contribution in [2.75, 3.05) is 19.6 Å². The van der Waals surface area contributed by atoms with E-state index in [0.29, 0.717) is 12.3 Å². The number of amides is 2. The minimum absolute atomic E-state index is 0.0465. The average molecular weight is 325 g/mol. The number of alkyl halides is 3. The number of carbonyl (C=O) groups is 2. The normalized spacial score (nSPS) is 11.2. The van der Waals surface area contributed by atoms with E-state index in [-0.39, 0.29) is 25.3 Å². The molecule has 1 aromatic rings. The van der Waals surface area contributed by atoms with Crippen LogP contribution in [0.15, 0.2) is 12.3 Å². The second kappa shape index (κ2) is 7.23. The fourth-order valence-corrected chi connectivity index (χ4v) is 1.57. The van der Waals surface area contributed by atoms with Crippen molar-refractivity contribution in [1.29, 1.82) is 0 Å². The van der Waals surface area contributed by atoms with Gasteiger partial charge in [0.25, 0.3) is 5.91 Å². The van der Waals surface area contributed by atoms with E-state index in [4.69, 9.17) is 17.3 Å². The minimum atomic E-state index is -4.58. The summed E-state index contributed by atoms with van der Waals surface area (Å²) < 4.78 is 37.2. The van der Waals surface area contributed by atoms with Gasteiger partial charge in [0, 0.05) is 19.3 Å². The molecule has 0 aliphatic heterocycles. The zero-order valence-electron chi connectivity index (χ0n) is 10.6. The van der Waals surface area contributed by atoms with Crippen LogP contribution in [0.2, 0.25) is 5.02 Å². The number of halogens is 4. The highest BCUT2D eigenvalue weighted by molar-refractivity contribution is 6.33. The third-order valence-electron chi connectivity index (χ3n) is 2.27. The average Bonchev–Trinajstić information content (AvgIpc) is 2.36. The summed E-state index contributed by atoms with van der Waals surface area (Å²) in [6, 6.07) is 0.634. The molecular formula is C11H12ClF3N4O2. The molecule has 1 heterocycles. The molecule has 0 saturated heterocycles. The van der Waals surface area contributed by atoms with Crippen LogP contribution in [-0.2, 0) is 11.0 Å². The molecule has 0 saturated carbocycles. The van der Waals surface area contributed by atoms with Gasteiger partial charge in [0.2, 0.25) is 5.91 Å². The van der Waals surface area contributed by atoms with Gasteiger partial charge in [0.05, 0.1) is 17.1 Å². The standard InChI is InChI=1S/C11H12ClF3N4O2/c12-7-3-6(11(13,14)15)4-19-9(7)10(21)18-2-1-17-5-8(16)20/h3-4,17H,1-2,5H2,(H2,16,20)(H,18,21). The number of pyridine rings is 1. The first-order valence-electron chi connectivity index (χ1n) is 5.71. The van der Waals surface area contributed by atoms with E-state index in [2.05, 4.69) is 15.6 Å². The molecule has 0 radical (unpaired) electrons. The molecule has 0 unspecified atom stereocenters. The Bertz CT molecular complexity index is 537. The summed E-state index contributed by atoms with van der Waals surface area (Å²) >= 11 is 5.61. The third kappa shape index (κ3) is 5.56. The lowest BCUT2D eigenvalue weighted by Gasteiger charge is -2.09. The van der Waals surface area contributed by atoms with Gasteiger partial charge in [-0.25, -0.2) is 4.98 Å². The van der Waals surface area contributed by atoms with Crippen LogP contribution in [-0.4, -0.2) is 36.4 Å². The van der Waals surface area contributed by atoms with Crippen molar-refractivity contribution in [1.82, 2.24) is 15.6 Å². The topological polar surface area (TPSA) is 97.1 Å². The molecule has 1 rings (SSSR count). The number of carbonyl (C=O) groups excluding carboxylic acids is 2. The van der Waals surface area contributed by atoms with Gasteiger partial charge >= 0.3 is 6.18 Å². The van der Waals surface area contributed by atoms with Crippen LogP contribution in [0.1, 0.15) is 16.1 Å². The Morgan fingerprint density at radius 1 is 1.33 bits per heavy atom. The molecular weight excluding hydrogens is 313 g/mol. The van der Waals surface area contributed by atoms with E-state index in [1.54, 1.807) is 0 Å². The van der Waals surface area contributed by atoms with Crippen LogP contribution in [0.4, 0.5) is 13.2 Å². The Hall–Kier alpha value is -1.87. The molecule has 0 aliphatic carbocycles. The van der Waals surface area contributed by atoms with Crippen LogP contribution in [0.5, 0.6) is 0 Å². The number of nitrogens with one attached hydrogen (secondary N) is 2. The van der Waals surface area contributed by atoms with E-state index >= 15 is 0 Å². The highest BCUT2D eigenvalue weighted by atomic mass is 35.5. The largest absolute Gasteiger partial charge is 0.417 e. The second-order valence-corrected chi connectivity index (χ2v) is 4.36. The lowest BCUT2D eigenvalue weighted by Crippen LogP contribution is -2.36. The highest BCUT2D eigenvalue weighted by Crippen LogP contribution is 2.30. The lowest BCUT2D eigenvalue weighted by atomic mass is 10.2. The Balaban J connectivity index is 2.57. The number of primary amides is 1. The molecule has 0 bridgehead atoms. The van der Waals surface area contributed by atoms with Gasteiger partial charge in [-0.3, -0.25) is 9.59 Å². The van der Waals surface area contributed by atoms with Gasteiger partial charge < -0.3 is 16.4 Å². The summed E-state index contributed by atoms with van der Waals surface area (Å²) in [5.41, 5.74) is 3.55. The summed E-state index contributed by atoms with van der Waals surface area (Å²) in [6.45, 7) is 0.341. The van der Waals surface area contributed by atoms with Crippen molar-refractivity contribution in [3.63, 3.8) is 0 Å². The Morgan fingerprint density at radius 2 is 2.00 bits per heavy atom. The molecule has 10 heteroatoms. The number of rotatable bonds is 6. The van der Waals surface area contributed by atoms with Crippen LogP contribution >= 0.6 is 11.6 Å². The number of hydrogen-bond acceptors (Lipinski definition) is 4. The minimum Gasteiger partial charge on any atom is -0.369 e. The monoisotopic (exact) mass is 324 g/mol. The molecule has 0 aliphatic rings. The summed E-state index contributed by atoms with van der Waals surface area (Å²) in [4.78, 5) is 25.5. The van der Waals surface area contributed by atoms with E-state index in [1.165, 1.54) is 0 Å². The molecule has 0 aromatic carbocycles. The maximum absolute atomic E-state index is 12.4. The van der Waals surface area contributed by atoms with Gasteiger partial charge in [-0.05, 0) is 6.07 Å². The Labute approximate surface area is 122 Å². The summed E-state index contributed by atoms with van der Waals surface area (Å²) in [6.07, 6.45) is -4.05.